The fourth-order valence-corrected chi connectivity index (χ4v) is 3.38. The number of methoxy groups -OCH3 is 1. The lowest BCUT2D eigenvalue weighted by Gasteiger charge is -2.04. The number of thiazole rings is 1. The molecule has 1 aromatic heterocycles. The summed E-state index contributed by atoms with van der Waals surface area (Å²) in [4.78, 5) is 17.0. The lowest BCUT2D eigenvalue weighted by atomic mass is 10.0. The van der Waals surface area contributed by atoms with Crippen LogP contribution in [0.4, 0.5) is 5.13 Å². The minimum Gasteiger partial charge on any atom is -0.465 e. The molecule has 27 heavy (non-hydrogen) atoms. The summed E-state index contributed by atoms with van der Waals surface area (Å²) >= 11 is 1.22. The van der Waals surface area contributed by atoms with E-state index in [-0.39, 0.29) is 0 Å². The number of carbonyl (C=O) groups is 1. The van der Waals surface area contributed by atoms with Crippen LogP contribution in [0.3, 0.4) is 0 Å². The summed E-state index contributed by atoms with van der Waals surface area (Å²) in [5, 5.41) is 4.77. The highest BCUT2D eigenvalue weighted by molar-refractivity contribution is 7.17. The van der Waals surface area contributed by atoms with E-state index in [0.717, 1.165) is 11.1 Å². The number of ether oxygens (including phenoxy) is 1. The largest absolute Gasteiger partial charge is 0.465 e. The molecule has 0 aliphatic heterocycles. The zero-order valence-corrected chi connectivity index (χ0v) is 16.3. The molecule has 0 fully saturated rings. The number of esters is 1. The van der Waals surface area contributed by atoms with Crippen LogP contribution >= 0.6 is 11.3 Å². The first-order valence-corrected chi connectivity index (χ1v) is 9.43. The Labute approximate surface area is 162 Å². The SMILES string of the molecule is COC(=O)c1sc(N/N=C\c2ccc(C(C)C)cc2)nc1-c1ccccc1. The van der Waals surface area contributed by atoms with Crippen LogP contribution < -0.4 is 5.43 Å². The molecule has 0 radical (unpaired) electrons. The Morgan fingerprint density at radius 1 is 1.15 bits per heavy atom. The molecule has 5 nitrogen and oxygen atoms in total. The van der Waals surface area contributed by atoms with Gasteiger partial charge in [0, 0.05) is 5.56 Å². The number of carbonyl (C=O) groups excluding carboxylic acids is 1. The summed E-state index contributed by atoms with van der Waals surface area (Å²) in [6, 6.07) is 17.8. The van der Waals surface area contributed by atoms with E-state index in [1.807, 2.05) is 42.5 Å². The van der Waals surface area contributed by atoms with Gasteiger partial charge in [-0.25, -0.2) is 9.78 Å². The zero-order chi connectivity index (χ0) is 19.2. The van der Waals surface area contributed by atoms with Crippen molar-refractivity contribution in [1.82, 2.24) is 4.98 Å². The highest BCUT2D eigenvalue weighted by Gasteiger charge is 2.19. The number of nitrogens with zero attached hydrogens (tertiary/aromatic N) is 2. The van der Waals surface area contributed by atoms with Gasteiger partial charge in [-0.2, -0.15) is 5.10 Å². The quantitative estimate of drug-likeness (QED) is 0.365. The maximum atomic E-state index is 12.1. The van der Waals surface area contributed by atoms with Gasteiger partial charge in [0.1, 0.15) is 4.88 Å². The summed E-state index contributed by atoms with van der Waals surface area (Å²) < 4.78 is 4.88. The molecule has 0 spiro atoms. The molecular formula is C21H21N3O2S. The highest BCUT2D eigenvalue weighted by atomic mass is 32.1. The molecular weight excluding hydrogens is 358 g/mol. The molecule has 6 heteroatoms. The van der Waals surface area contributed by atoms with E-state index in [1.165, 1.54) is 24.0 Å². The molecule has 138 valence electrons. The van der Waals surface area contributed by atoms with Crippen LogP contribution in [0.1, 0.15) is 40.6 Å². The van der Waals surface area contributed by atoms with E-state index in [4.69, 9.17) is 4.74 Å². The minimum absolute atomic E-state index is 0.410. The van der Waals surface area contributed by atoms with Gasteiger partial charge in [-0.15, -0.1) is 0 Å². The Bertz CT molecular complexity index is 932. The smallest absolute Gasteiger partial charge is 0.350 e. The molecule has 0 bridgehead atoms. The molecule has 0 amide bonds. The van der Waals surface area contributed by atoms with Gasteiger partial charge < -0.3 is 4.74 Å². The Balaban J connectivity index is 1.79. The van der Waals surface area contributed by atoms with Gasteiger partial charge in [-0.1, -0.05) is 79.8 Å². The second-order valence-electron chi connectivity index (χ2n) is 6.25. The van der Waals surface area contributed by atoms with Gasteiger partial charge in [-0.3, -0.25) is 5.43 Å². The van der Waals surface area contributed by atoms with Gasteiger partial charge in [0.25, 0.3) is 0 Å². The predicted octanol–water partition coefficient (Wildman–Crippen LogP) is 5.17. The van der Waals surface area contributed by atoms with Crippen molar-refractivity contribution in [1.29, 1.82) is 0 Å². The molecule has 0 saturated heterocycles. The first-order valence-electron chi connectivity index (χ1n) is 8.62. The van der Waals surface area contributed by atoms with Crippen LogP contribution in [0.5, 0.6) is 0 Å². The summed E-state index contributed by atoms with van der Waals surface area (Å²) in [6.07, 6.45) is 1.73. The predicted molar refractivity (Wildman–Crippen MR) is 111 cm³/mol. The number of nitrogens with one attached hydrogen (secondary N) is 1. The van der Waals surface area contributed by atoms with E-state index < -0.39 is 5.97 Å². The van der Waals surface area contributed by atoms with Crippen LogP contribution in [-0.4, -0.2) is 24.3 Å². The third kappa shape index (κ3) is 4.60. The lowest BCUT2D eigenvalue weighted by molar-refractivity contribution is 0.0607. The third-order valence-electron chi connectivity index (χ3n) is 4.02. The molecule has 1 heterocycles. The van der Waals surface area contributed by atoms with Crippen molar-refractivity contribution in [3.8, 4) is 11.3 Å². The van der Waals surface area contributed by atoms with E-state index in [2.05, 4.69) is 41.5 Å². The summed E-state index contributed by atoms with van der Waals surface area (Å²) in [5.41, 5.74) is 6.63. The molecule has 0 aliphatic carbocycles. The second kappa shape index (κ2) is 8.60. The molecule has 0 aliphatic rings. The average molecular weight is 379 g/mol. The van der Waals surface area contributed by atoms with Crippen LogP contribution in [0.25, 0.3) is 11.3 Å². The molecule has 1 N–H and O–H groups in total. The minimum atomic E-state index is -0.410. The number of benzene rings is 2. The van der Waals surface area contributed by atoms with Crippen molar-refractivity contribution in [2.24, 2.45) is 5.10 Å². The topological polar surface area (TPSA) is 63.6 Å². The van der Waals surface area contributed by atoms with E-state index in [1.54, 1.807) is 6.21 Å². The lowest BCUT2D eigenvalue weighted by Crippen LogP contribution is -2.00. The summed E-state index contributed by atoms with van der Waals surface area (Å²) in [5.74, 6) is 0.0882. The monoisotopic (exact) mass is 379 g/mol. The number of hydrazone groups is 1. The molecule has 3 aromatic rings. The number of hydrogen-bond donors (Lipinski definition) is 1. The Morgan fingerprint density at radius 2 is 1.85 bits per heavy atom. The maximum absolute atomic E-state index is 12.1. The zero-order valence-electron chi connectivity index (χ0n) is 15.5. The fraction of sp³-hybridized carbons (Fsp3) is 0.190. The van der Waals surface area contributed by atoms with Gasteiger partial charge in [0.05, 0.1) is 19.0 Å². The van der Waals surface area contributed by atoms with Crippen molar-refractivity contribution in [2.45, 2.75) is 19.8 Å². The molecule has 0 atom stereocenters. The average Bonchev–Trinajstić information content (AvgIpc) is 3.12. The van der Waals surface area contributed by atoms with Crippen molar-refractivity contribution < 1.29 is 9.53 Å². The van der Waals surface area contributed by atoms with Crippen LogP contribution in [0, 0.1) is 0 Å². The molecule has 0 saturated carbocycles. The first-order chi connectivity index (χ1) is 13.1. The van der Waals surface area contributed by atoms with Crippen LogP contribution in [0.2, 0.25) is 0 Å². The Morgan fingerprint density at radius 3 is 2.48 bits per heavy atom. The summed E-state index contributed by atoms with van der Waals surface area (Å²) in [7, 11) is 1.36. The van der Waals surface area contributed by atoms with E-state index in [0.29, 0.717) is 21.6 Å². The number of hydrogen-bond acceptors (Lipinski definition) is 6. The van der Waals surface area contributed by atoms with Crippen molar-refractivity contribution in [3.63, 3.8) is 0 Å². The number of aromatic nitrogens is 1. The van der Waals surface area contributed by atoms with Crippen molar-refractivity contribution >= 4 is 28.7 Å². The van der Waals surface area contributed by atoms with Gasteiger partial charge in [-0.05, 0) is 17.0 Å². The standard InChI is InChI=1S/C21H21N3O2S/c1-14(2)16-11-9-15(10-12-16)13-22-24-21-23-18(17-7-5-4-6-8-17)19(27-21)20(25)26-3/h4-14H,1-3H3,(H,23,24)/b22-13-. The van der Waals surface area contributed by atoms with Gasteiger partial charge >= 0.3 is 5.97 Å². The second-order valence-corrected chi connectivity index (χ2v) is 7.24. The number of rotatable bonds is 6. The van der Waals surface area contributed by atoms with E-state index >= 15 is 0 Å². The molecule has 0 unspecified atom stereocenters. The highest BCUT2D eigenvalue weighted by Crippen LogP contribution is 2.31. The molecule has 2 aromatic carbocycles. The number of anilines is 1. The fourth-order valence-electron chi connectivity index (χ4n) is 2.52. The Hall–Kier alpha value is -2.99. The normalized spacial score (nSPS) is 11.1. The van der Waals surface area contributed by atoms with Gasteiger partial charge in [0.15, 0.2) is 0 Å². The third-order valence-corrected chi connectivity index (χ3v) is 4.96. The van der Waals surface area contributed by atoms with Crippen LogP contribution in [0.15, 0.2) is 59.7 Å². The van der Waals surface area contributed by atoms with Crippen LogP contribution in [-0.2, 0) is 4.74 Å². The van der Waals surface area contributed by atoms with Crippen molar-refractivity contribution in [2.75, 3.05) is 12.5 Å². The first kappa shape index (κ1) is 18.8. The van der Waals surface area contributed by atoms with Gasteiger partial charge in [0.2, 0.25) is 5.13 Å². The molecule has 3 rings (SSSR count). The Kier molecular flexibility index (Phi) is 5.98. The summed E-state index contributed by atoms with van der Waals surface area (Å²) in [6.45, 7) is 4.33. The van der Waals surface area contributed by atoms with Crippen molar-refractivity contribution in [3.05, 3.63) is 70.6 Å². The maximum Gasteiger partial charge on any atom is 0.350 e. The van der Waals surface area contributed by atoms with E-state index in [9.17, 15) is 4.79 Å².